The lowest BCUT2D eigenvalue weighted by Gasteiger charge is -2.13. The van der Waals surface area contributed by atoms with E-state index in [4.69, 9.17) is 17.5 Å². The van der Waals surface area contributed by atoms with Crippen molar-refractivity contribution >= 4 is 23.3 Å². The molecule has 2 heterocycles. The Bertz CT molecular complexity index is 691. The summed E-state index contributed by atoms with van der Waals surface area (Å²) >= 11 is 5.41. The monoisotopic (exact) mass is 258 g/mol. The molecule has 5 heteroatoms. The van der Waals surface area contributed by atoms with E-state index in [1.54, 1.807) is 0 Å². The minimum atomic E-state index is 0.408. The quantitative estimate of drug-likeness (QED) is 0.799. The van der Waals surface area contributed by atoms with Crippen molar-refractivity contribution < 1.29 is 0 Å². The number of fused-ring (bicyclic) bond motifs is 1. The molecule has 1 saturated heterocycles. The number of aromatic amines is 1. The summed E-state index contributed by atoms with van der Waals surface area (Å²) in [5.74, 6) is 0. The predicted molar refractivity (Wildman–Crippen MR) is 73.0 cm³/mol. The van der Waals surface area contributed by atoms with Gasteiger partial charge in [0, 0.05) is 6.54 Å². The number of likely N-dealkylation sites (tertiary alicyclic amines) is 1. The van der Waals surface area contributed by atoms with Gasteiger partial charge < -0.3 is 14.5 Å². The van der Waals surface area contributed by atoms with Gasteiger partial charge in [-0.2, -0.15) is 5.26 Å². The van der Waals surface area contributed by atoms with Gasteiger partial charge in [0.1, 0.15) is 0 Å². The molecule has 0 radical (unpaired) electrons. The zero-order chi connectivity index (χ0) is 12.7. The minimum Gasteiger partial charge on any atom is -0.331 e. The zero-order valence-corrected chi connectivity index (χ0v) is 11.0. The Labute approximate surface area is 110 Å². The molecule has 1 N–H and O–H groups in total. The number of rotatable bonds is 1. The van der Waals surface area contributed by atoms with E-state index in [2.05, 4.69) is 27.6 Å². The topological polar surface area (TPSA) is 47.8 Å². The second-order valence-electron chi connectivity index (χ2n) is 4.85. The summed E-state index contributed by atoms with van der Waals surface area (Å²) in [6, 6.07) is 8.26. The van der Waals surface area contributed by atoms with Crippen molar-refractivity contribution in [1.29, 1.82) is 5.26 Å². The third-order valence-electron chi connectivity index (χ3n) is 3.58. The molecule has 0 saturated carbocycles. The van der Waals surface area contributed by atoms with Crippen molar-refractivity contribution in [3.63, 3.8) is 0 Å². The summed E-state index contributed by atoms with van der Waals surface area (Å²) in [5.41, 5.74) is 2.73. The Balaban J connectivity index is 2.18. The average Bonchev–Trinajstić information content (AvgIpc) is 2.90. The highest BCUT2D eigenvalue weighted by atomic mass is 32.1. The average molecular weight is 258 g/mol. The molecule has 1 aliphatic rings. The smallest absolute Gasteiger partial charge is 0.178 e. The van der Waals surface area contributed by atoms with Crippen LogP contribution in [0.15, 0.2) is 18.2 Å². The predicted octanol–water partition coefficient (Wildman–Crippen LogP) is 2.45. The number of benzene rings is 1. The third kappa shape index (κ3) is 1.74. The van der Waals surface area contributed by atoms with E-state index in [1.807, 2.05) is 18.2 Å². The molecular formula is C13H14N4S. The first-order valence-corrected chi connectivity index (χ1v) is 6.43. The highest BCUT2D eigenvalue weighted by Crippen LogP contribution is 2.26. The van der Waals surface area contributed by atoms with Crippen LogP contribution >= 0.6 is 12.2 Å². The van der Waals surface area contributed by atoms with E-state index >= 15 is 0 Å². The van der Waals surface area contributed by atoms with Crippen molar-refractivity contribution in [2.45, 2.75) is 12.5 Å². The highest BCUT2D eigenvalue weighted by Gasteiger charge is 2.23. The van der Waals surface area contributed by atoms with Gasteiger partial charge in [0.2, 0.25) is 0 Å². The van der Waals surface area contributed by atoms with Gasteiger partial charge in [0.05, 0.1) is 28.7 Å². The maximum absolute atomic E-state index is 9.00. The summed E-state index contributed by atoms with van der Waals surface area (Å²) in [6.45, 7) is 2.11. The lowest BCUT2D eigenvalue weighted by atomic mass is 10.2. The van der Waals surface area contributed by atoms with E-state index in [0.29, 0.717) is 11.6 Å². The number of nitrogens with one attached hydrogen (secondary N) is 1. The first-order chi connectivity index (χ1) is 8.69. The summed E-state index contributed by atoms with van der Waals surface area (Å²) in [5, 5.41) is 9.00. The summed E-state index contributed by atoms with van der Waals surface area (Å²) in [4.78, 5) is 5.52. The maximum atomic E-state index is 9.00. The molecule has 3 rings (SSSR count). The zero-order valence-electron chi connectivity index (χ0n) is 10.2. The van der Waals surface area contributed by atoms with Crippen molar-refractivity contribution in [1.82, 2.24) is 14.5 Å². The van der Waals surface area contributed by atoms with Gasteiger partial charge in [-0.15, -0.1) is 0 Å². The Morgan fingerprint density at radius 3 is 3.00 bits per heavy atom. The summed E-state index contributed by atoms with van der Waals surface area (Å²) < 4.78 is 2.91. The molecule has 0 spiro atoms. The molecule has 92 valence electrons. The molecule has 1 atom stereocenters. The van der Waals surface area contributed by atoms with Gasteiger partial charge in [0.15, 0.2) is 4.77 Å². The van der Waals surface area contributed by atoms with Crippen LogP contribution in [0.4, 0.5) is 0 Å². The van der Waals surface area contributed by atoms with Gasteiger partial charge in [-0.05, 0) is 50.4 Å². The van der Waals surface area contributed by atoms with Gasteiger partial charge in [-0.3, -0.25) is 0 Å². The molecule has 4 nitrogen and oxygen atoms in total. The van der Waals surface area contributed by atoms with Gasteiger partial charge >= 0.3 is 0 Å². The Morgan fingerprint density at radius 2 is 2.33 bits per heavy atom. The lowest BCUT2D eigenvalue weighted by Crippen LogP contribution is -2.16. The van der Waals surface area contributed by atoms with Crippen LogP contribution in [0.2, 0.25) is 0 Å². The molecule has 18 heavy (non-hydrogen) atoms. The van der Waals surface area contributed by atoms with Gasteiger partial charge in [0.25, 0.3) is 0 Å². The maximum Gasteiger partial charge on any atom is 0.178 e. The molecule has 2 aromatic rings. The van der Waals surface area contributed by atoms with Crippen LogP contribution in [0.3, 0.4) is 0 Å². The lowest BCUT2D eigenvalue weighted by molar-refractivity contribution is 0.394. The molecule has 1 aromatic carbocycles. The number of nitriles is 1. The standard InChI is InChI=1S/C13H14N4S/c1-16-5-4-10(8-16)17-12-6-9(7-14)2-3-11(12)15-13(17)18/h2-3,6,10H,4-5,8H2,1H3,(H,15,18). The highest BCUT2D eigenvalue weighted by molar-refractivity contribution is 7.71. The fraction of sp³-hybridized carbons (Fsp3) is 0.385. The normalized spacial score (nSPS) is 20.3. The third-order valence-corrected chi connectivity index (χ3v) is 3.88. The van der Waals surface area contributed by atoms with Crippen LogP contribution in [0.25, 0.3) is 11.0 Å². The van der Waals surface area contributed by atoms with Crippen LogP contribution < -0.4 is 0 Å². The second-order valence-corrected chi connectivity index (χ2v) is 5.24. The van der Waals surface area contributed by atoms with Crippen LogP contribution in [0, 0.1) is 16.1 Å². The minimum absolute atomic E-state index is 0.408. The van der Waals surface area contributed by atoms with E-state index in [1.165, 1.54) is 0 Å². The molecule has 1 unspecified atom stereocenters. The van der Waals surface area contributed by atoms with Crippen LogP contribution in [-0.4, -0.2) is 34.6 Å². The molecular weight excluding hydrogens is 244 g/mol. The second kappa shape index (κ2) is 4.23. The van der Waals surface area contributed by atoms with E-state index in [9.17, 15) is 0 Å². The molecule has 1 fully saturated rings. The summed E-state index contributed by atoms with van der Waals surface area (Å²) in [7, 11) is 2.12. The molecule has 0 amide bonds. The number of aromatic nitrogens is 2. The number of hydrogen-bond donors (Lipinski definition) is 1. The molecule has 1 aliphatic heterocycles. The molecule has 0 bridgehead atoms. The fourth-order valence-corrected chi connectivity index (χ4v) is 3.03. The van der Waals surface area contributed by atoms with Crippen molar-refractivity contribution in [3.8, 4) is 6.07 Å². The first-order valence-electron chi connectivity index (χ1n) is 6.02. The largest absolute Gasteiger partial charge is 0.331 e. The molecule has 0 aliphatic carbocycles. The fourth-order valence-electron chi connectivity index (χ4n) is 2.68. The van der Waals surface area contributed by atoms with E-state index < -0.39 is 0 Å². The van der Waals surface area contributed by atoms with Crippen LogP contribution in [-0.2, 0) is 0 Å². The first kappa shape index (κ1) is 11.5. The Kier molecular flexibility index (Phi) is 2.69. The van der Waals surface area contributed by atoms with Crippen molar-refractivity contribution in [2.24, 2.45) is 0 Å². The molecule has 1 aromatic heterocycles. The van der Waals surface area contributed by atoms with Crippen LogP contribution in [0.1, 0.15) is 18.0 Å². The Morgan fingerprint density at radius 1 is 1.50 bits per heavy atom. The number of nitrogens with zero attached hydrogens (tertiary/aromatic N) is 3. The summed E-state index contributed by atoms with van der Waals surface area (Å²) in [6.07, 6.45) is 1.11. The van der Waals surface area contributed by atoms with E-state index in [0.717, 1.165) is 35.3 Å². The number of H-pyrrole nitrogens is 1. The SMILES string of the molecule is CN1CCC(n2c(=S)[nH]c3ccc(C#N)cc32)C1. The number of likely N-dealkylation sites (N-methyl/N-ethyl adjacent to an activating group) is 1. The number of imidazole rings is 1. The number of hydrogen-bond acceptors (Lipinski definition) is 3. The van der Waals surface area contributed by atoms with Gasteiger partial charge in [-0.25, -0.2) is 0 Å². The van der Waals surface area contributed by atoms with E-state index in [-0.39, 0.29) is 0 Å². The Hall–Kier alpha value is -1.64. The van der Waals surface area contributed by atoms with Crippen molar-refractivity contribution in [2.75, 3.05) is 20.1 Å². The van der Waals surface area contributed by atoms with Gasteiger partial charge in [-0.1, -0.05) is 0 Å². The van der Waals surface area contributed by atoms with Crippen molar-refractivity contribution in [3.05, 3.63) is 28.5 Å². The van der Waals surface area contributed by atoms with Crippen LogP contribution in [0.5, 0.6) is 0 Å².